The Morgan fingerprint density at radius 1 is 0.957 bits per heavy atom. The number of nitrogens with zero attached hydrogens (tertiary/aromatic N) is 2. The number of nitrogens with one attached hydrogen (secondary N) is 1. The van der Waals surface area contributed by atoms with E-state index < -0.39 is 0 Å². The van der Waals surface area contributed by atoms with E-state index in [4.69, 9.17) is 4.74 Å². The van der Waals surface area contributed by atoms with Crippen LogP contribution in [-0.4, -0.2) is 43.8 Å². The van der Waals surface area contributed by atoms with Gasteiger partial charge in [0.2, 0.25) is 12.3 Å². The smallest absolute Gasteiger partial charge is 0.234 e. The Morgan fingerprint density at radius 3 is 1.91 bits per heavy atom. The summed E-state index contributed by atoms with van der Waals surface area (Å²) in [5.74, 6) is 0.135. The van der Waals surface area contributed by atoms with Gasteiger partial charge in [0.25, 0.3) is 0 Å². The van der Waals surface area contributed by atoms with Crippen molar-refractivity contribution in [2.45, 2.75) is 115 Å². The first-order valence-electron chi connectivity index (χ1n) is 16.9. The molecule has 2 aromatic rings. The number of aryl methyl sites for hydroxylation is 4. The summed E-state index contributed by atoms with van der Waals surface area (Å²) in [4.78, 5) is 28.0. The molecule has 1 aliphatic rings. The van der Waals surface area contributed by atoms with Crippen LogP contribution in [0.3, 0.4) is 0 Å². The number of allylic oxidation sites excluding steroid dienone is 2. The van der Waals surface area contributed by atoms with Gasteiger partial charge < -0.3 is 10.1 Å². The summed E-state index contributed by atoms with van der Waals surface area (Å²) in [6.07, 6.45) is 9.77. The van der Waals surface area contributed by atoms with Gasteiger partial charge in [0.05, 0.1) is 12.2 Å². The van der Waals surface area contributed by atoms with Gasteiger partial charge in [0.1, 0.15) is 0 Å². The second-order valence-corrected chi connectivity index (χ2v) is 11.9. The van der Waals surface area contributed by atoms with Crippen molar-refractivity contribution >= 4 is 29.8 Å². The molecule has 0 spiro atoms. The zero-order chi connectivity index (χ0) is 36.6. The Morgan fingerprint density at radius 2 is 1.51 bits per heavy atom. The number of anilines is 1. The number of ether oxygens (including phenoxy) is 1. The lowest BCUT2D eigenvalue weighted by molar-refractivity contribution is -0.116. The van der Waals surface area contributed by atoms with Gasteiger partial charge >= 0.3 is 0 Å². The van der Waals surface area contributed by atoms with Gasteiger partial charge in [-0.3, -0.25) is 19.5 Å². The fourth-order valence-electron chi connectivity index (χ4n) is 4.57. The van der Waals surface area contributed by atoms with Gasteiger partial charge in [0, 0.05) is 44.0 Å². The van der Waals surface area contributed by atoms with Gasteiger partial charge in [-0.05, 0) is 98.1 Å². The first-order valence-corrected chi connectivity index (χ1v) is 16.9. The van der Waals surface area contributed by atoms with Crippen molar-refractivity contribution in [1.29, 1.82) is 0 Å². The first kappa shape index (κ1) is 45.4. The normalized spacial score (nSPS) is 12.0. The van der Waals surface area contributed by atoms with Crippen molar-refractivity contribution in [2.75, 3.05) is 25.1 Å². The number of rotatable bonds is 9. The highest BCUT2D eigenvalue weighted by Crippen LogP contribution is 2.24. The van der Waals surface area contributed by atoms with Crippen molar-refractivity contribution in [2.24, 2.45) is 4.99 Å². The lowest BCUT2D eigenvalue weighted by Gasteiger charge is -2.20. The van der Waals surface area contributed by atoms with E-state index in [1.54, 1.807) is 11.9 Å². The molecule has 3 rings (SSSR count). The van der Waals surface area contributed by atoms with Gasteiger partial charge in [-0.1, -0.05) is 92.5 Å². The predicted octanol–water partition coefficient (Wildman–Crippen LogP) is 10.3. The number of benzene rings is 2. The highest BCUT2D eigenvalue weighted by molar-refractivity contribution is 6.01. The topological polar surface area (TPSA) is 71.0 Å². The van der Waals surface area contributed by atoms with Crippen LogP contribution in [0, 0.1) is 27.7 Å². The van der Waals surface area contributed by atoms with Crippen molar-refractivity contribution in [3.05, 3.63) is 93.7 Å². The summed E-state index contributed by atoms with van der Waals surface area (Å²) in [5.41, 5.74) is 10.5. The average Bonchev–Trinajstić information content (AvgIpc) is 3.44. The first-order chi connectivity index (χ1) is 22.2. The number of amides is 2. The highest BCUT2D eigenvalue weighted by atomic mass is 16.5. The molecule has 0 bridgehead atoms. The molecule has 0 saturated heterocycles. The van der Waals surface area contributed by atoms with E-state index in [9.17, 15) is 9.59 Å². The molecular weight excluding hydrogens is 582 g/mol. The molecule has 2 aromatic carbocycles. The maximum atomic E-state index is 11.6. The van der Waals surface area contributed by atoms with E-state index >= 15 is 0 Å². The van der Waals surface area contributed by atoms with Crippen LogP contribution in [0.1, 0.15) is 110 Å². The minimum absolute atomic E-state index is 0.134. The third-order valence-electron chi connectivity index (χ3n) is 6.53. The Labute approximate surface area is 288 Å². The highest BCUT2D eigenvalue weighted by Gasteiger charge is 2.17. The molecule has 47 heavy (non-hydrogen) atoms. The molecule has 6 heteroatoms. The lowest BCUT2D eigenvalue weighted by Crippen LogP contribution is -2.24. The zero-order valence-electron chi connectivity index (χ0n) is 32.3. The summed E-state index contributed by atoms with van der Waals surface area (Å²) in [6.45, 7) is 29.7. The molecule has 0 saturated carbocycles. The second kappa shape index (κ2) is 25.3. The Bertz CT molecular complexity index is 1270. The van der Waals surface area contributed by atoms with Crippen LogP contribution in [0.5, 0.6) is 0 Å². The van der Waals surface area contributed by atoms with Crippen LogP contribution in [0.2, 0.25) is 0 Å². The van der Waals surface area contributed by atoms with Crippen molar-refractivity contribution in [3.63, 3.8) is 0 Å². The fourth-order valence-corrected chi connectivity index (χ4v) is 4.57. The van der Waals surface area contributed by atoms with Gasteiger partial charge in [-0.2, -0.15) is 0 Å². The quantitative estimate of drug-likeness (QED) is 0.217. The van der Waals surface area contributed by atoms with E-state index in [0.29, 0.717) is 26.0 Å². The van der Waals surface area contributed by atoms with E-state index in [0.717, 1.165) is 29.0 Å². The molecule has 0 aromatic heterocycles. The summed E-state index contributed by atoms with van der Waals surface area (Å²) in [6, 6.07) is 12.6. The maximum absolute atomic E-state index is 11.6. The van der Waals surface area contributed by atoms with E-state index in [2.05, 4.69) is 62.3 Å². The molecule has 2 amide bonds. The van der Waals surface area contributed by atoms with Gasteiger partial charge in [-0.25, -0.2) is 0 Å². The van der Waals surface area contributed by atoms with E-state index in [1.165, 1.54) is 27.8 Å². The van der Waals surface area contributed by atoms with Crippen molar-refractivity contribution in [1.82, 2.24) is 5.32 Å². The third-order valence-corrected chi connectivity index (χ3v) is 6.53. The fraction of sp³-hybridized carbons (Fsp3) is 0.488. The van der Waals surface area contributed by atoms with E-state index in [1.807, 2.05) is 106 Å². The minimum Gasteiger partial charge on any atom is -0.375 e. The van der Waals surface area contributed by atoms with Gasteiger partial charge in [-0.15, -0.1) is 0 Å². The molecule has 0 unspecified atom stereocenters. The van der Waals surface area contributed by atoms with Crippen molar-refractivity contribution in [3.8, 4) is 0 Å². The van der Waals surface area contributed by atoms with Crippen LogP contribution in [0.4, 0.5) is 5.69 Å². The third kappa shape index (κ3) is 19.5. The average molecular weight is 648 g/mol. The lowest BCUT2D eigenvalue weighted by atomic mass is 10.0. The molecular formula is C41H65N3O3. The maximum Gasteiger partial charge on any atom is 0.234 e. The van der Waals surface area contributed by atoms with E-state index in [-0.39, 0.29) is 11.5 Å². The standard InChI is InChI=1S/C14H26N2O2.C14H15NO.C9H12.2C2H6/c1-11(2)12(9-16-10-17)13(15-6)7-8-18-14(3,4)5;1-3-5-12-10-13(8-7-11(12)2)15-9-4-6-14(15)16;1-7-4-8(2)6-9(3)5-7;2*1-2/h10H,7-9H2,1-6H3,(H,16,17);3-5,7-10H,6H2,1-2H3;4-6H,1-3H3;2*1-2H3/b;5-3-;;;. The number of hydrogen-bond acceptors (Lipinski definition) is 4. The largest absolute Gasteiger partial charge is 0.375 e. The number of aliphatic imine (C=N–C) groups is 1. The van der Waals surface area contributed by atoms with Crippen LogP contribution >= 0.6 is 0 Å². The zero-order valence-corrected chi connectivity index (χ0v) is 32.3. The molecule has 1 N–H and O–H groups in total. The van der Waals surface area contributed by atoms with Crippen LogP contribution in [0.25, 0.3) is 6.08 Å². The number of carbonyl (C=O) groups is 2. The Balaban J connectivity index is 0. The SMILES string of the molecule is C/C=C\c1cc(N2C=CCC2=O)ccc1C.CC.CC.CN=C(CCOC(C)(C)C)C(CNC=O)=C(C)C.Cc1cc(C)cc(C)c1. The number of hydrogen-bond donors (Lipinski definition) is 1. The summed E-state index contributed by atoms with van der Waals surface area (Å²) in [5, 5.41) is 2.69. The molecule has 0 aliphatic carbocycles. The predicted molar refractivity (Wildman–Crippen MR) is 207 cm³/mol. The minimum atomic E-state index is -0.134. The van der Waals surface area contributed by atoms with Crippen molar-refractivity contribution < 1.29 is 14.3 Å². The Kier molecular flexibility index (Phi) is 24.4. The van der Waals surface area contributed by atoms with Crippen LogP contribution in [-0.2, 0) is 14.3 Å². The monoisotopic (exact) mass is 648 g/mol. The molecule has 6 nitrogen and oxygen atoms in total. The summed E-state index contributed by atoms with van der Waals surface area (Å²) >= 11 is 0. The summed E-state index contributed by atoms with van der Waals surface area (Å²) < 4.78 is 5.70. The second-order valence-electron chi connectivity index (χ2n) is 11.9. The van der Waals surface area contributed by atoms with Crippen LogP contribution < -0.4 is 10.2 Å². The number of carbonyl (C=O) groups excluding carboxylic acids is 2. The molecule has 0 radical (unpaired) electrons. The molecule has 262 valence electrons. The Hall–Kier alpha value is -3.77. The molecule has 1 heterocycles. The summed E-state index contributed by atoms with van der Waals surface area (Å²) in [7, 11) is 1.77. The molecule has 0 fully saturated rings. The molecule has 0 atom stereocenters. The molecule has 1 aliphatic heterocycles. The van der Waals surface area contributed by atoms with Gasteiger partial charge in [0.15, 0.2) is 0 Å². The van der Waals surface area contributed by atoms with Crippen LogP contribution in [0.15, 0.2) is 70.9 Å².